The van der Waals surface area contributed by atoms with Crippen LogP contribution < -0.4 is 15.2 Å². The zero-order valence-electron chi connectivity index (χ0n) is 10.5. The lowest BCUT2D eigenvalue weighted by Gasteiger charge is -2.20. The van der Waals surface area contributed by atoms with Gasteiger partial charge in [0.05, 0.1) is 0 Å². The normalized spacial score (nSPS) is 20.9. The molecule has 1 saturated heterocycles. The minimum Gasteiger partial charge on any atom is -0.486 e. The molecule has 0 bridgehead atoms. The van der Waals surface area contributed by atoms with Crippen LogP contribution >= 0.6 is 12.4 Å². The van der Waals surface area contributed by atoms with E-state index in [0.717, 1.165) is 13.0 Å². The Morgan fingerprint density at radius 3 is 2.68 bits per heavy atom. The molecule has 19 heavy (non-hydrogen) atoms. The Labute approximate surface area is 118 Å². The highest BCUT2D eigenvalue weighted by Crippen LogP contribution is 2.31. The molecule has 2 aliphatic rings. The van der Waals surface area contributed by atoms with Gasteiger partial charge in [-0.1, -0.05) is 0 Å². The fourth-order valence-corrected chi connectivity index (χ4v) is 2.33. The van der Waals surface area contributed by atoms with Crippen LogP contribution in [0.3, 0.4) is 0 Å². The number of rotatable bonds is 1. The Bertz CT molecular complexity index is 481. The molecule has 1 unspecified atom stereocenters. The summed E-state index contributed by atoms with van der Waals surface area (Å²) >= 11 is 0. The summed E-state index contributed by atoms with van der Waals surface area (Å²) in [4.78, 5) is 14.0. The maximum atomic E-state index is 12.3. The molecule has 2 aliphatic heterocycles. The molecule has 0 aliphatic carbocycles. The van der Waals surface area contributed by atoms with Crippen LogP contribution in [-0.4, -0.2) is 43.2 Å². The lowest BCUT2D eigenvalue weighted by Crippen LogP contribution is -2.32. The second-order valence-electron chi connectivity index (χ2n) is 4.66. The van der Waals surface area contributed by atoms with Crippen molar-refractivity contribution in [1.29, 1.82) is 0 Å². The minimum atomic E-state index is 0. The summed E-state index contributed by atoms with van der Waals surface area (Å²) in [6, 6.07) is 5.42. The van der Waals surface area contributed by atoms with Crippen molar-refractivity contribution in [3.8, 4) is 11.5 Å². The molecular formula is C13H17ClN2O3. The van der Waals surface area contributed by atoms with Gasteiger partial charge in [-0.05, 0) is 24.6 Å². The molecule has 6 heteroatoms. The van der Waals surface area contributed by atoms with E-state index < -0.39 is 0 Å². The van der Waals surface area contributed by atoms with Crippen LogP contribution in [0.15, 0.2) is 18.2 Å². The second kappa shape index (κ2) is 5.67. The van der Waals surface area contributed by atoms with Gasteiger partial charge in [-0.25, -0.2) is 0 Å². The summed E-state index contributed by atoms with van der Waals surface area (Å²) in [5.41, 5.74) is 6.45. The van der Waals surface area contributed by atoms with Gasteiger partial charge in [-0.15, -0.1) is 12.4 Å². The monoisotopic (exact) mass is 284 g/mol. The molecule has 2 N–H and O–H groups in total. The van der Waals surface area contributed by atoms with E-state index in [1.165, 1.54) is 0 Å². The fraction of sp³-hybridized carbons (Fsp3) is 0.462. The van der Waals surface area contributed by atoms with Crippen molar-refractivity contribution in [2.75, 3.05) is 26.3 Å². The molecule has 1 aromatic carbocycles. The predicted octanol–water partition coefficient (Wildman–Crippen LogP) is 1.05. The van der Waals surface area contributed by atoms with Crippen LogP contribution in [0, 0.1) is 0 Å². The molecule has 5 nitrogen and oxygen atoms in total. The molecule has 1 aromatic rings. The number of likely N-dealkylation sites (tertiary alicyclic amines) is 1. The molecule has 1 atom stereocenters. The number of benzene rings is 1. The largest absolute Gasteiger partial charge is 0.486 e. The van der Waals surface area contributed by atoms with Crippen molar-refractivity contribution in [2.45, 2.75) is 12.5 Å². The fourth-order valence-electron chi connectivity index (χ4n) is 2.33. The van der Waals surface area contributed by atoms with Gasteiger partial charge < -0.3 is 20.1 Å². The van der Waals surface area contributed by atoms with Crippen molar-refractivity contribution in [3.63, 3.8) is 0 Å². The summed E-state index contributed by atoms with van der Waals surface area (Å²) in [5.74, 6) is 1.37. The first-order chi connectivity index (χ1) is 8.74. The van der Waals surface area contributed by atoms with Gasteiger partial charge in [-0.3, -0.25) is 4.79 Å². The van der Waals surface area contributed by atoms with Crippen molar-refractivity contribution >= 4 is 18.3 Å². The maximum Gasteiger partial charge on any atom is 0.254 e. The van der Waals surface area contributed by atoms with E-state index in [9.17, 15) is 4.79 Å². The average Bonchev–Trinajstić information content (AvgIpc) is 2.84. The second-order valence-corrected chi connectivity index (χ2v) is 4.66. The molecular weight excluding hydrogens is 268 g/mol. The van der Waals surface area contributed by atoms with Gasteiger partial charge in [0, 0.05) is 24.7 Å². The zero-order chi connectivity index (χ0) is 12.5. The van der Waals surface area contributed by atoms with Crippen LogP contribution in [0.2, 0.25) is 0 Å². The third-order valence-corrected chi connectivity index (χ3v) is 3.30. The number of carbonyl (C=O) groups is 1. The van der Waals surface area contributed by atoms with Gasteiger partial charge in [0.2, 0.25) is 0 Å². The summed E-state index contributed by atoms with van der Waals surface area (Å²) in [7, 11) is 0. The van der Waals surface area contributed by atoms with E-state index in [1.54, 1.807) is 23.1 Å². The number of ether oxygens (including phenoxy) is 2. The third kappa shape index (κ3) is 2.77. The highest BCUT2D eigenvalue weighted by atomic mass is 35.5. The number of nitrogens with zero attached hydrogens (tertiary/aromatic N) is 1. The molecule has 3 rings (SSSR count). The number of halogens is 1. The molecule has 0 spiro atoms. The number of nitrogens with two attached hydrogens (primary N) is 1. The van der Waals surface area contributed by atoms with Crippen LogP contribution in [-0.2, 0) is 0 Å². The van der Waals surface area contributed by atoms with Gasteiger partial charge >= 0.3 is 0 Å². The minimum absolute atomic E-state index is 0. The summed E-state index contributed by atoms with van der Waals surface area (Å²) in [6.07, 6.45) is 0.871. The maximum absolute atomic E-state index is 12.3. The number of fused-ring (bicyclic) bond motifs is 1. The number of hydrogen-bond donors (Lipinski definition) is 1. The lowest BCUT2D eigenvalue weighted by molar-refractivity contribution is 0.0789. The van der Waals surface area contributed by atoms with E-state index in [4.69, 9.17) is 15.2 Å². The van der Waals surface area contributed by atoms with Crippen LogP contribution in [0.5, 0.6) is 11.5 Å². The van der Waals surface area contributed by atoms with Gasteiger partial charge in [-0.2, -0.15) is 0 Å². The van der Waals surface area contributed by atoms with Crippen molar-refractivity contribution in [2.24, 2.45) is 5.73 Å². The first kappa shape index (κ1) is 14.0. The topological polar surface area (TPSA) is 64.8 Å². The smallest absolute Gasteiger partial charge is 0.254 e. The summed E-state index contributed by atoms with van der Waals surface area (Å²) in [6.45, 7) is 2.45. The van der Waals surface area contributed by atoms with E-state index in [2.05, 4.69) is 0 Å². The van der Waals surface area contributed by atoms with Crippen LogP contribution in [0.25, 0.3) is 0 Å². The Hall–Kier alpha value is -1.46. The number of amides is 1. The summed E-state index contributed by atoms with van der Waals surface area (Å²) < 4.78 is 10.9. The number of carbonyl (C=O) groups excluding carboxylic acids is 1. The average molecular weight is 285 g/mol. The zero-order valence-corrected chi connectivity index (χ0v) is 11.3. The highest BCUT2D eigenvalue weighted by molar-refractivity contribution is 5.95. The molecule has 0 saturated carbocycles. The molecule has 1 amide bonds. The summed E-state index contributed by atoms with van der Waals surface area (Å²) in [5, 5.41) is 0. The van der Waals surface area contributed by atoms with Gasteiger partial charge in [0.1, 0.15) is 13.2 Å². The van der Waals surface area contributed by atoms with E-state index in [1.807, 2.05) is 0 Å². The quantitative estimate of drug-likeness (QED) is 0.837. The van der Waals surface area contributed by atoms with E-state index in [-0.39, 0.29) is 24.4 Å². The SMILES string of the molecule is Cl.NC1CCN(C(=O)c2ccc3c(c2)OCCO3)C1. The molecule has 2 heterocycles. The predicted molar refractivity (Wildman–Crippen MR) is 73.2 cm³/mol. The van der Waals surface area contributed by atoms with Gasteiger partial charge in [0.15, 0.2) is 11.5 Å². The number of hydrogen-bond acceptors (Lipinski definition) is 4. The Balaban J connectivity index is 0.00000133. The lowest BCUT2D eigenvalue weighted by atomic mass is 10.1. The Morgan fingerprint density at radius 2 is 2.00 bits per heavy atom. The highest BCUT2D eigenvalue weighted by Gasteiger charge is 2.25. The third-order valence-electron chi connectivity index (χ3n) is 3.30. The first-order valence-corrected chi connectivity index (χ1v) is 6.18. The first-order valence-electron chi connectivity index (χ1n) is 6.18. The van der Waals surface area contributed by atoms with Crippen LogP contribution in [0.1, 0.15) is 16.8 Å². The Kier molecular flexibility index (Phi) is 4.17. The molecule has 0 radical (unpaired) electrons. The molecule has 0 aromatic heterocycles. The van der Waals surface area contributed by atoms with Crippen molar-refractivity contribution in [1.82, 2.24) is 4.90 Å². The van der Waals surface area contributed by atoms with E-state index >= 15 is 0 Å². The Morgan fingerprint density at radius 1 is 1.26 bits per heavy atom. The van der Waals surface area contributed by atoms with Gasteiger partial charge in [0.25, 0.3) is 5.91 Å². The molecule has 1 fully saturated rings. The van der Waals surface area contributed by atoms with Crippen molar-refractivity contribution < 1.29 is 14.3 Å². The van der Waals surface area contributed by atoms with Crippen LogP contribution in [0.4, 0.5) is 0 Å². The standard InChI is InChI=1S/C13H16N2O3.ClH/c14-10-3-4-15(8-10)13(16)9-1-2-11-12(7-9)18-6-5-17-11;/h1-2,7,10H,3-6,8,14H2;1H. The van der Waals surface area contributed by atoms with E-state index in [0.29, 0.717) is 36.8 Å². The van der Waals surface area contributed by atoms with Crippen molar-refractivity contribution in [3.05, 3.63) is 23.8 Å². The molecule has 104 valence electrons.